The van der Waals surface area contributed by atoms with Crippen LogP contribution in [0.4, 0.5) is 5.13 Å². The maximum Gasteiger partial charge on any atom is 0.266 e. The highest BCUT2D eigenvalue weighted by Gasteiger charge is 2.17. The van der Waals surface area contributed by atoms with E-state index in [0.717, 1.165) is 22.5 Å². The zero-order valence-electron chi connectivity index (χ0n) is 16.8. The van der Waals surface area contributed by atoms with Gasteiger partial charge in [-0.1, -0.05) is 36.0 Å². The Balaban J connectivity index is 1.73. The molecule has 0 aliphatic heterocycles. The summed E-state index contributed by atoms with van der Waals surface area (Å²) in [4.78, 5) is 34.7. The van der Waals surface area contributed by atoms with Crippen molar-refractivity contribution in [3.63, 3.8) is 0 Å². The van der Waals surface area contributed by atoms with Gasteiger partial charge in [0, 0.05) is 5.38 Å². The number of nitrogens with zero attached hydrogens (tertiary/aromatic N) is 3. The van der Waals surface area contributed by atoms with Crippen LogP contribution in [0.15, 0.2) is 57.8 Å². The molecule has 0 unspecified atom stereocenters. The van der Waals surface area contributed by atoms with E-state index in [1.807, 2.05) is 62.5 Å². The third-order valence-corrected chi connectivity index (χ3v) is 6.57. The number of para-hydroxylation sites is 1. The predicted octanol–water partition coefficient (Wildman–Crippen LogP) is 4.50. The van der Waals surface area contributed by atoms with E-state index in [4.69, 9.17) is 4.98 Å². The monoisotopic (exact) mass is 436 g/mol. The Morgan fingerprint density at radius 1 is 1.10 bits per heavy atom. The number of aromatic nitrogens is 3. The first kappa shape index (κ1) is 20.3. The summed E-state index contributed by atoms with van der Waals surface area (Å²) in [6.07, 6.45) is 0. The Morgan fingerprint density at radius 2 is 1.90 bits per heavy atom. The maximum atomic E-state index is 13.4. The molecule has 4 rings (SSSR count). The minimum Gasteiger partial charge on any atom is -0.301 e. The summed E-state index contributed by atoms with van der Waals surface area (Å²) < 4.78 is 1.61. The van der Waals surface area contributed by atoms with Crippen molar-refractivity contribution in [3.8, 4) is 5.69 Å². The molecule has 152 valence electrons. The molecule has 8 heteroatoms. The number of thioether (sulfide) groups is 1. The molecule has 0 saturated heterocycles. The summed E-state index contributed by atoms with van der Waals surface area (Å²) in [6, 6.07) is 13.1. The standard InChI is InChI=1S/C22H20N4O2S2/c1-13-7-6-10-18(15(13)3)26-20(28)16-8-4-5-9-17(16)24-22(26)30-12-19(27)25-21-23-14(2)11-29-21/h4-11H,12H2,1-3H3,(H,23,25,27). The lowest BCUT2D eigenvalue weighted by Gasteiger charge is -2.16. The first-order valence-electron chi connectivity index (χ1n) is 9.37. The van der Waals surface area contributed by atoms with Gasteiger partial charge in [-0.3, -0.25) is 14.2 Å². The van der Waals surface area contributed by atoms with Gasteiger partial charge in [-0.25, -0.2) is 9.97 Å². The molecule has 2 heterocycles. The number of hydrogen-bond donors (Lipinski definition) is 1. The number of hydrogen-bond acceptors (Lipinski definition) is 6. The highest BCUT2D eigenvalue weighted by molar-refractivity contribution is 7.99. The summed E-state index contributed by atoms with van der Waals surface area (Å²) in [7, 11) is 0. The van der Waals surface area contributed by atoms with Crippen LogP contribution in [0.2, 0.25) is 0 Å². The van der Waals surface area contributed by atoms with Crippen molar-refractivity contribution in [1.82, 2.24) is 14.5 Å². The molecule has 4 aromatic rings. The Morgan fingerprint density at radius 3 is 2.67 bits per heavy atom. The molecule has 2 aromatic carbocycles. The highest BCUT2D eigenvalue weighted by atomic mass is 32.2. The maximum absolute atomic E-state index is 13.4. The number of amides is 1. The molecule has 6 nitrogen and oxygen atoms in total. The van der Waals surface area contributed by atoms with Crippen molar-refractivity contribution < 1.29 is 4.79 Å². The van der Waals surface area contributed by atoms with E-state index < -0.39 is 0 Å². The minimum absolute atomic E-state index is 0.119. The number of nitrogens with one attached hydrogen (secondary N) is 1. The first-order chi connectivity index (χ1) is 14.4. The van der Waals surface area contributed by atoms with E-state index in [1.54, 1.807) is 10.6 Å². The van der Waals surface area contributed by atoms with E-state index in [-0.39, 0.29) is 17.2 Å². The molecule has 1 N–H and O–H groups in total. The average Bonchev–Trinajstić information content (AvgIpc) is 3.13. The first-order valence-corrected chi connectivity index (χ1v) is 11.2. The number of aryl methyl sites for hydroxylation is 2. The van der Waals surface area contributed by atoms with Crippen molar-refractivity contribution >= 4 is 45.0 Å². The topological polar surface area (TPSA) is 76.9 Å². The zero-order valence-corrected chi connectivity index (χ0v) is 18.4. The lowest BCUT2D eigenvalue weighted by Crippen LogP contribution is -2.23. The van der Waals surface area contributed by atoms with Crippen LogP contribution in [0.3, 0.4) is 0 Å². The number of benzene rings is 2. The molecule has 0 bridgehead atoms. The molecule has 0 fully saturated rings. The van der Waals surface area contributed by atoms with E-state index >= 15 is 0 Å². The van der Waals surface area contributed by atoms with Gasteiger partial charge in [0.1, 0.15) is 0 Å². The Kier molecular flexibility index (Phi) is 5.69. The molecule has 0 aliphatic carbocycles. The second kappa shape index (κ2) is 8.41. The SMILES string of the molecule is Cc1csc(NC(=O)CSc2nc3ccccc3c(=O)n2-c2cccc(C)c2C)n1. The molecule has 0 spiro atoms. The second-order valence-corrected chi connectivity index (χ2v) is 8.70. The number of carbonyl (C=O) groups is 1. The molecule has 0 atom stereocenters. The van der Waals surface area contributed by atoms with Gasteiger partial charge < -0.3 is 5.32 Å². The fourth-order valence-electron chi connectivity index (χ4n) is 3.10. The second-order valence-electron chi connectivity index (χ2n) is 6.90. The number of rotatable bonds is 5. The summed E-state index contributed by atoms with van der Waals surface area (Å²) in [5.74, 6) is -0.0712. The molecule has 0 aliphatic rings. The van der Waals surface area contributed by atoms with E-state index in [1.165, 1.54) is 23.1 Å². The van der Waals surface area contributed by atoms with Gasteiger partial charge in [0.15, 0.2) is 10.3 Å². The van der Waals surface area contributed by atoms with Gasteiger partial charge in [0.05, 0.1) is 28.0 Å². The van der Waals surface area contributed by atoms with Gasteiger partial charge >= 0.3 is 0 Å². The van der Waals surface area contributed by atoms with Crippen LogP contribution >= 0.6 is 23.1 Å². The van der Waals surface area contributed by atoms with Gasteiger partial charge in [0.25, 0.3) is 5.56 Å². The van der Waals surface area contributed by atoms with Gasteiger partial charge in [-0.15, -0.1) is 11.3 Å². The van der Waals surface area contributed by atoms with Crippen molar-refractivity contribution in [2.24, 2.45) is 0 Å². The normalized spacial score (nSPS) is 11.0. The minimum atomic E-state index is -0.190. The molecule has 1 amide bonds. The zero-order chi connectivity index (χ0) is 21.3. The van der Waals surface area contributed by atoms with Crippen LogP contribution in [0.25, 0.3) is 16.6 Å². The van der Waals surface area contributed by atoms with Gasteiger partial charge in [0.2, 0.25) is 5.91 Å². The van der Waals surface area contributed by atoms with Crippen LogP contribution in [0, 0.1) is 20.8 Å². The Labute approximate surface area is 182 Å². The number of carbonyl (C=O) groups excluding carboxylic acids is 1. The fourth-order valence-corrected chi connectivity index (χ4v) is 4.61. The number of anilines is 1. The van der Waals surface area contributed by atoms with Crippen LogP contribution in [0.5, 0.6) is 0 Å². The highest BCUT2D eigenvalue weighted by Crippen LogP contribution is 2.25. The molecule has 2 aromatic heterocycles. The van der Waals surface area contributed by atoms with Crippen molar-refractivity contribution in [3.05, 3.63) is 75.0 Å². The largest absolute Gasteiger partial charge is 0.301 e. The van der Waals surface area contributed by atoms with Crippen molar-refractivity contribution in [2.75, 3.05) is 11.1 Å². The quantitative estimate of drug-likeness (QED) is 0.368. The molecule has 0 saturated carbocycles. The summed E-state index contributed by atoms with van der Waals surface area (Å²) >= 11 is 2.62. The van der Waals surface area contributed by atoms with E-state index in [0.29, 0.717) is 21.2 Å². The van der Waals surface area contributed by atoms with Crippen molar-refractivity contribution in [2.45, 2.75) is 25.9 Å². The third kappa shape index (κ3) is 4.01. The lowest BCUT2D eigenvalue weighted by atomic mass is 10.1. The van der Waals surface area contributed by atoms with Gasteiger partial charge in [-0.2, -0.15) is 0 Å². The van der Waals surface area contributed by atoms with Gasteiger partial charge in [-0.05, 0) is 50.1 Å². The van der Waals surface area contributed by atoms with Crippen LogP contribution in [-0.4, -0.2) is 26.2 Å². The summed E-state index contributed by atoms with van der Waals surface area (Å²) in [5.41, 5.74) is 4.19. The Hall–Kier alpha value is -2.97. The molecular weight excluding hydrogens is 416 g/mol. The molecule has 30 heavy (non-hydrogen) atoms. The number of fused-ring (bicyclic) bond motifs is 1. The van der Waals surface area contributed by atoms with Crippen LogP contribution in [-0.2, 0) is 4.79 Å². The predicted molar refractivity (Wildman–Crippen MR) is 123 cm³/mol. The van der Waals surface area contributed by atoms with Crippen LogP contribution < -0.4 is 10.9 Å². The smallest absolute Gasteiger partial charge is 0.266 e. The summed E-state index contributed by atoms with van der Waals surface area (Å²) in [6.45, 7) is 5.87. The molecular formula is C22H20N4O2S2. The van der Waals surface area contributed by atoms with E-state index in [9.17, 15) is 9.59 Å². The summed E-state index contributed by atoms with van der Waals surface area (Å²) in [5, 5.41) is 6.27. The fraction of sp³-hybridized carbons (Fsp3) is 0.182. The van der Waals surface area contributed by atoms with Crippen LogP contribution in [0.1, 0.15) is 16.8 Å². The Bertz CT molecular complexity index is 1310. The van der Waals surface area contributed by atoms with Crippen molar-refractivity contribution in [1.29, 1.82) is 0 Å². The lowest BCUT2D eigenvalue weighted by molar-refractivity contribution is -0.113. The van der Waals surface area contributed by atoms with E-state index in [2.05, 4.69) is 10.3 Å². The average molecular weight is 437 g/mol. The molecule has 0 radical (unpaired) electrons. The number of thiazole rings is 1. The third-order valence-electron chi connectivity index (χ3n) is 4.76.